The number of para-hydroxylation sites is 1. The average Bonchev–Trinajstić information content (AvgIpc) is 2.64. The van der Waals surface area contributed by atoms with Crippen molar-refractivity contribution in [3.8, 4) is 11.5 Å². The zero-order valence-electron chi connectivity index (χ0n) is 13.8. The second-order valence-electron chi connectivity index (χ2n) is 4.96. The van der Waals surface area contributed by atoms with Crippen LogP contribution < -0.4 is 9.47 Å². The van der Waals surface area contributed by atoms with Crippen molar-refractivity contribution in [2.75, 3.05) is 20.8 Å². The molecule has 0 N–H and O–H groups in total. The van der Waals surface area contributed by atoms with Crippen molar-refractivity contribution in [3.63, 3.8) is 0 Å². The number of halogens is 1. The molecule has 0 aliphatic heterocycles. The second kappa shape index (κ2) is 8.63. The molecule has 130 valence electrons. The number of ether oxygens (including phenoxy) is 3. The number of carbonyl (C=O) groups is 2. The van der Waals surface area contributed by atoms with E-state index < -0.39 is 18.4 Å². The molecule has 0 aliphatic rings. The summed E-state index contributed by atoms with van der Waals surface area (Å²) in [6.07, 6.45) is 2.51. The Labute approximate surface area is 144 Å². The highest BCUT2D eigenvalue weighted by atomic mass is 19.1. The standard InChI is InChI=1S/C19H17FO5/c1-23-17-6-4-3-5-14(17)16(21)12-25-19(22)10-8-13-7-9-18(24-2)15(20)11-13/h3-11H,12H2,1-2H3/b10-8+. The lowest BCUT2D eigenvalue weighted by molar-refractivity contribution is -0.136. The first-order valence-corrected chi connectivity index (χ1v) is 7.39. The molecule has 0 radical (unpaired) electrons. The fourth-order valence-corrected chi connectivity index (χ4v) is 2.09. The number of ketones is 1. The third-order valence-corrected chi connectivity index (χ3v) is 3.34. The van der Waals surface area contributed by atoms with Gasteiger partial charge in [0, 0.05) is 6.08 Å². The van der Waals surface area contributed by atoms with Crippen LogP contribution in [0.15, 0.2) is 48.5 Å². The molecule has 2 rings (SSSR count). The van der Waals surface area contributed by atoms with Gasteiger partial charge in [-0.3, -0.25) is 4.79 Å². The first-order valence-electron chi connectivity index (χ1n) is 7.39. The van der Waals surface area contributed by atoms with Crippen molar-refractivity contribution in [2.45, 2.75) is 0 Å². The van der Waals surface area contributed by atoms with Crippen LogP contribution >= 0.6 is 0 Å². The normalized spacial score (nSPS) is 10.5. The minimum atomic E-state index is -0.709. The van der Waals surface area contributed by atoms with E-state index >= 15 is 0 Å². The predicted molar refractivity (Wildman–Crippen MR) is 90.3 cm³/mol. The number of hydrogen-bond donors (Lipinski definition) is 0. The van der Waals surface area contributed by atoms with E-state index in [1.807, 2.05) is 0 Å². The van der Waals surface area contributed by atoms with Gasteiger partial charge in [-0.1, -0.05) is 18.2 Å². The smallest absolute Gasteiger partial charge is 0.331 e. The van der Waals surface area contributed by atoms with Gasteiger partial charge in [0.15, 0.2) is 18.2 Å². The maximum absolute atomic E-state index is 13.6. The fraction of sp³-hybridized carbons (Fsp3) is 0.158. The van der Waals surface area contributed by atoms with Crippen molar-refractivity contribution in [2.24, 2.45) is 0 Å². The molecule has 5 nitrogen and oxygen atoms in total. The van der Waals surface area contributed by atoms with Crippen LogP contribution in [0.25, 0.3) is 6.08 Å². The summed E-state index contributed by atoms with van der Waals surface area (Å²) < 4.78 is 28.4. The number of benzene rings is 2. The third kappa shape index (κ3) is 4.91. The van der Waals surface area contributed by atoms with Crippen LogP contribution in [0.1, 0.15) is 15.9 Å². The zero-order chi connectivity index (χ0) is 18.2. The Bertz CT molecular complexity index is 798. The van der Waals surface area contributed by atoms with Gasteiger partial charge < -0.3 is 14.2 Å². The van der Waals surface area contributed by atoms with Crippen molar-refractivity contribution in [1.82, 2.24) is 0 Å². The fourth-order valence-electron chi connectivity index (χ4n) is 2.09. The molecule has 0 saturated heterocycles. The molecule has 25 heavy (non-hydrogen) atoms. The topological polar surface area (TPSA) is 61.8 Å². The molecule has 0 fully saturated rings. The summed E-state index contributed by atoms with van der Waals surface area (Å²) in [5.41, 5.74) is 0.797. The SMILES string of the molecule is COc1ccc(/C=C/C(=O)OCC(=O)c2ccccc2OC)cc1F. The van der Waals surface area contributed by atoms with E-state index in [1.165, 1.54) is 32.4 Å². The third-order valence-electron chi connectivity index (χ3n) is 3.34. The van der Waals surface area contributed by atoms with Crippen LogP contribution in [0, 0.1) is 5.82 Å². The van der Waals surface area contributed by atoms with Crippen molar-refractivity contribution < 1.29 is 28.2 Å². The Hall–Kier alpha value is -3.15. The van der Waals surface area contributed by atoms with E-state index in [2.05, 4.69) is 0 Å². The van der Waals surface area contributed by atoms with E-state index in [4.69, 9.17) is 14.2 Å². The predicted octanol–water partition coefficient (Wildman–Crippen LogP) is 3.28. The zero-order valence-corrected chi connectivity index (χ0v) is 13.8. The number of methoxy groups -OCH3 is 2. The minimum absolute atomic E-state index is 0.113. The van der Waals surface area contributed by atoms with Crippen LogP contribution in [0.5, 0.6) is 11.5 Å². The summed E-state index contributed by atoms with van der Waals surface area (Å²) in [7, 11) is 2.82. The van der Waals surface area contributed by atoms with Gasteiger partial charge in [0.2, 0.25) is 5.78 Å². The molecule has 0 aliphatic carbocycles. The van der Waals surface area contributed by atoms with E-state index in [-0.39, 0.29) is 11.5 Å². The summed E-state index contributed by atoms with van der Waals surface area (Å²) >= 11 is 0. The molecule has 0 unspecified atom stereocenters. The van der Waals surface area contributed by atoms with Crippen molar-refractivity contribution >= 4 is 17.8 Å². The molecular weight excluding hydrogens is 327 g/mol. The van der Waals surface area contributed by atoms with Gasteiger partial charge in [-0.05, 0) is 35.9 Å². The molecule has 0 bridgehead atoms. The number of carbonyl (C=O) groups excluding carboxylic acids is 2. The lowest BCUT2D eigenvalue weighted by Crippen LogP contribution is -2.13. The van der Waals surface area contributed by atoms with Gasteiger partial charge in [-0.2, -0.15) is 0 Å². The molecule has 0 saturated carbocycles. The Morgan fingerprint density at radius 2 is 1.76 bits per heavy atom. The largest absolute Gasteiger partial charge is 0.496 e. The first-order chi connectivity index (χ1) is 12.0. The molecule has 0 atom stereocenters. The van der Waals surface area contributed by atoms with Gasteiger partial charge in [0.1, 0.15) is 5.75 Å². The van der Waals surface area contributed by atoms with E-state index in [9.17, 15) is 14.0 Å². The van der Waals surface area contributed by atoms with E-state index in [1.54, 1.807) is 30.3 Å². The number of rotatable bonds is 7. The van der Waals surface area contributed by atoms with Gasteiger partial charge in [-0.15, -0.1) is 0 Å². The molecule has 6 heteroatoms. The Morgan fingerprint density at radius 1 is 1.04 bits per heavy atom. The Morgan fingerprint density at radius 3 is 2.44 bits per heavy atom. The maximum Gasteiger partial charge on any atom is 0.331 e. The van der Waals surface area contributed by atoms with Crippen LogP contribution in [0.2, 0.25) is 0 Å². The number of hydrogen-bond acceptors (Lipinski definition) is 5. The van der Waals surface area contributed by atoms with Crippen molar-refractivity contribution in [1.29, 1.82) is 0 Å². The number of esters is 1. The molecule has 0 spiro atoms. The van der Waals surface area contributed by atoms with Crippen LogP contribution in [-0.4, -0.2) is 32.6 Å². The highest BCUT2D eigenvalue weighted by molar-refractivity contribution is 6.01. The van der Waals surface area contributed by atoms with Gasteiger partial charge in [-0.25, -0.2) is 9.18 Å². The average molecular weight is 344 g/mol. The van der Waals surface area contributed by atoms with E-state index in [0.717, 1.165) is 6.08 Å². The molecule has 0 aromatic heterocycles. The second-order valence-corrected chi connectivity index (χ2v) is 4.96. The quantitative estimate of drug-likeness (QED) is 0.438. The summed E-state index contributed by atoms with van der Waals surface area (Å²) in [5.74, 6) is -1.10. The monoisotopic (exact) mass is 344 g/mol. The Kier molecular flexibility index (Phi) is 6.28. The van der Waals surface area contributed by atoms with Gasteiger partial charge in [0.25, 0.3) is 0 Å². The summed E-state index contributed by atoms with van der Waals surface area (Å²) in [5, 5.41) is 0. The summed E-state index contributed by atoms with van der Waals surface area (Å²) in [4.78, 5) is 23.8. The van der Waals surface area contributed by atoms with Crippen molar-refractivity contribution in [3.05, 3.63) is 65.5 Å². The number of Topliss-reactive ketones (excluding diaryl/α,β-unsaturated/α-hetero) is 1. The molecule has 2 aromatic rings. The summed E-state index contributed by atoms with van der Waals surface area (Å²) in [6.45, 7) is -0.416. The highest BCUT2D eigenvalue weighted by Crippen LogP contribution is 2.19. The molecule has 0 amide bonds. The van der Waals surface area contributed by atoms with E-state index in [0.29, 0.717) is 16.9 Å². The first kappa shape index (κ1) is 18.2. The lowest BCUT2D eigenvalue weighted by atomic mass is 10.1. The molecule has 0 heterocycles. The molecule has 2 aromatic carbocycles. The van der Waals surface area contributed by atoms with Crippen LogP contribution in [0.3, 0.4) is 0 Å². The lowest BCUT2D eigenvalue weighted by Gasteiger charge is -2.07. The van der Waals surface area contributed by atoms with Crippen LogP contribution in [-0.2, 0) is 9.53 Å². The Balaban J connectivity index is 1.94. The summed E-state index contributed by atoms with van der Waals surface area (Å²) in [6, 6.07) is 10.9. The van der Waals surface area contributed by atoms with Gasteiger partial charge in [0.05, 0.1) is 19.8 Å². The highest BCUT2D eigenvalue weighted by Gasteiger charge is 2.13. The maximum atomic E-state index is 13.6. The minimum Gasteiger partial charge on any atom is -0.496 e. The van der Waals surface area contributed by atoms with Gasteiger partial charge >= 0.3 is 5.97 Å². The molecular formula is C19H17FO5. The van der Waals surface area contributed by atoms with Crippen LogP contribution in [0.4, 0.5) is 4.39 Å².